The van der Waals surface area contributed by atoms with Gasteiger partial charge in [0.2, 0.25) is 0 Å². The van der Waals surface area contributed by atoms with E-state index in [1.54, 1.807) is 29.6 Å². The molecule has 0 bridgehead atoms. The number of anilines is 1. The van der Waals surface area contributed by atoms with Crippen molar-refractivity contribution in [2.75, 3.05) is 31.1 Å². The third-order valence-corrected chi connectivity index (χ3v) is 5.10. The number of carbonyl (C=O) groups is 1. The highest BCUT2D eigenvalue weighted by Gasteiger charge is 2.28. The minimum atomic E-state index is -0.510. The molecule has 9 nitrogen and oxygen atoms in total. The third kappa shape index (κ3) is 4.14. The summed E-state index contributed by atoms with van der Waals surface area (Å²) in [7, 11) is 0. The first-order valence-corrected chi connectivity index (χ1v) is 10.2. The fourth-order valence-corrected chi connectivity index (χ4v) is 3.68. The number of amides is 1. The lowest BCUT2D eigenvalue weighted by Gasteiger charge is -2.36. The molecule has 1 amide bonds. The van der Waals surface area contributed by atoms with Crippen molar-refractivity contribution in [2.24, 2.45) is 0 Å². The predicted molar refractivity (Wildman–Crippen MR) is 116 cm³/mol. The van der Waals surface area contributed by atoms with Crippen LogP contribution in [0.25, 0.3) is 16.9 Å². The molecule has 160 valence electrons. The summed E-state index contributed by atoms with van der Waals surface area (Å²) >= 11 is 0. The van der Waals surface area contributed by atoms with E-state index in [9.17, 15) is 10.1 Å². The fraction of sp³-hybridized carbons (Fsp3) is 0.409. The molecule has 0 radical (unpaired) electrons. The van der Waals surface area contributed by atoms with Gasteiger partial charge in [-0.15, -0.1) is 0 Å². The van der Waals surface area contributed by atoms with Crippen LogP contribution >= 0.6 is 0 Å². The van der Waals surface area contributed by atoms with Gasteiger partial charge in [0.1, 0.15) is 23.6 Å². The summed E-state index contributed by atoms with van der Waals surface area (Å²) in [5.74, 6) is 1.47. The number of aryl methyl sites for hydroxylation is 1. The van der Waals surface area contributed by atoms with Crippen LogP contribution in [0, 0.1) is 18.3 Å². The van der Waals surface area contributed by atoms with Crippen LogP contribution < -0.4 is 4.90 Å². The average molecular weight is 419 g/mol. The second kappa shape index (κ2) is 7.87. The van der Waals surface area contributed by atoms with Crippen LogP contribution in [-0.2, 0) is 4.74 Å². The number of pyridine rings is 1. The number of hydrogen-bond donors (Lipinski definition) is 0. The molecular formula is C22H25N7O2. The molecule has 0 N–H and O–H groups in total. The first-order chi connectivity index (χ1) is 14.8. The maximum Gasteiger partial charge on any atom is 0.410 e. The zero-order valence-electron chi connectivity index (χ0n) is 18.2. The predicted octanol–water partition coefficient (Wildman–Crippen LogP) is 3.05. The van der Waals surface area contributed by atoms with Crippen LogP contribution in [0.4, 0.5) is 10.6 Å². The van der Waals surface area contributed by atoms with E-state index >= 15 is 0 Å². The lowest BCUT2D eigenvalue weighted by atomic mass is 10.2. The number of aromatic nitrogens is 4. The van der Waals surface area contributed by atoms with Gasteiger partial charge in [-0.3, -0.25) is 4.57 Å². The highest BCUT2D eigenvalue weighted by atomic mass is 16.6. The minimum absolute atomic E-state index is 0.286. The number of rotatable bonds is 2. The van der Waals surface area contributed by atoms with E-state index in [0.717, 1.165) is 22.4 Å². The summed E-state index contributed by atoms with van der Waals surface area (Å²) < 4.78 is 7.37. The Bertz CT molecular complexity index is 1160. The Morgan fingerprint density at radius 2 is 1.90 bits per heavy atom. The maximum atomic E-state index is 12.4. The molecule has 31 heavy (non-hydrogen) atoms. The average Bonchev–Trinajstić information content (AvgIpc) is 3.09. The monoisotopic (exact) mass is 419 g/mol. The van der Waals surface area contributed by atoms with Crippen molar-refractivity contribution in [1.82, 2.24) is 24.4 Å². The molecule has 3 aromatic rings. The molecule has 0 aromatic carbocycles. The number of nitriles is 1. The van der Waals surface area contributed by atoms with Gasteiger partial charge in [-0.05, 0) is 45.4 Å². The van der Waals surface area contributed by atoms with Crippen molar-refractivity contribution < 1.29 is 9.53 Å². The molecule has 0 saturated carbocycles. The highest BCUT2D eigenvalue weighted by molar-refractivity contribution is 5.92. The summed E-state index contributed by atoms with van der Waals surface area (Å²) in [5.41, 5.74) is 1.78. The lowest BCUT2D eigenvalue weighted by molar-refractivity contribution is 0.0240. The summed E-state index contributed by atoms with van der Waals surface area (Å²) in [6.45, 7) is 10.0. The maximum absolute atomic E-state index is 12.4. The van der Waals surface area contributed by atoms with Crippen LogP contribution in [0.15, 0.2) is 30.9 Å². The minimum Gasteiger partial charge on any atom is -0.444 e. The molecule has 1 aliphatic heterocycles. The number of nitrogens with zero attached hydrogens (tertiary/aromatic N) is 7. The molecule has 0 atom stereocenters. The molecule has 0 aliphatic carbocycles. The van der Waals surface area contributed by atoms with Gasteiger partial charge < -0.3 is 14.5 Å². The number of hydrogen-bond acceptors (Lipinski definition) is 7. The molecular weight excluding hydrogens is 394 g/mol. The van der Waals surface area contributed by atoms with E-state index in [2.05, 4.69) is 25.9 Å². The fourth-order valence-electron chi connectivity index (χ4n) is 3.68. The van der Waals surface area contributed by atoms with E-state index in [1.165, 1.54) is 0 Å². The van der Waals surface area contributed by atoms with Gasteiger partial charge in [-0.2, -0.15) is 5.26 Å². The lowest BCUT2D eigenvalue weighted by Crippen LogP contribution is -2.50. The molecule has 4 heterocycles. The van der Waals surface area contributed by atoms with Gasteiger partial charge in [0.25, 0.3) is 0 Å². The number of ether oxygens (including phenoxy) is 1. The Morgan fingerprint density at radius 1 is 1.16 bits per heavy atom. The van der Waals surface area contributed by atoms with Gasteiger partial charge in [0, 0.05) is 38.6 Å². The van der Waals surface area contributed by atoms with Gasteiger partial charge in [0.15, 0.2) is 5.65 Å². The van der Waals surface area contributed by atoms with E-state index in [4.69, 9.17) is 4.74 Å². The summed E-state index contributed by atoms with van der Waals surface area (Å²) in [6, 6.07) is 5.56. The second-order valence-corrected chi connectivity index (χ2v) is 8.55. The SMILES string of the molecule is Cc1cn(-c2cc(C#N)ccn2)c2ncnc(N3CCN(C(=O)OC(C)(C)C)CC3)c12. The zero-order valence-corrected chi connectivity index (χ0v) is 18.2. The van der Waals surface area contributed by atoms with Crippen LogP contribution in [0.5, 0.6) is 0 Å². The number of fused-ring (bicyclic) bond motifs is 1. The van der Waals surface area contributed by atoms with Gasteiger partial charge in [-0.25, -0.2) is 19.7 Å². The molecule has 4 rings (SSSR count). The highest BCUT2D eigenvalue weighted by Crippen LogP contribution is 2.30. The molecule has 1 aliphatic rings. The largest absolute Gasteiger partial charge is 0.444 e. The van der Waals surface area contributed by atoms with Crippen molar-refractivity contribution in [3.63, 3.8) is 0 Å². The van der Waals surface area contributed by atoms with E-state index in [1.807, 2.05) is 38.5 Å². The second-order valence-electron chi connectivity index (χ2n) is 8.55. The quantitative estimate of drug-likeness (QED) is 0.629. The molecule has 9 heteroatoms. The Labute approximate surface area is 180 Å². The standard InChI is InChI=1S/C22H25N7O2/c1-15-13-29(17-11-16(12-23)5-6-24-17)20-18(15)19(25-14-26-20)27-7-9-28(10-8-27)21(30)31-22(2,3)4/h5-6,11,13-14H,7-10H2,1-4H3. The van der Waals surface area contributed by atoms with Gasteiger partial charge in [-0.1, -0.05) is 0 Å². The normalized spacial score (nSPS) is 14.5. The Balaban J connectivity index is 1.61. The number of carbonyl (C=O) groups excluding carboxylic acids is 1. The van der Waals surface area contributed by atoms with E-state index in [0.29, 0.717) is 37.6 Å². The van der Waals surface area contributed by atoms with Crippen LogP contribution in [0.1, 0.15) is 31.9 Å². The Hall–Kier alpha value is -3.67. The van der Waals surface area contributed by atoms with Gasteiger partial charge >= 0.3 is 6.09 Å². The molecule has 1 saturated heterocycles. The van der Waals surface area contributed by atoms with Crippen molar-refractivity contribution in [3.8, 4) is 11.9 Å². The summed E-state index contributed by atoms with van der Waals surface area (Å²) in [5, 5.41) is 10.2. The number of piperazine rings is 1. The topological polar surface area (TPSA) is 100 Å². The first-order valence-electron chi connectivity index (χ1n) is 10.2. The Morgan fingerprint density at radius 3 is 2.58 bits per heavy atom. The molecule has 3 aromatic heterocycles. The van der Waals surface area contributed by atoms with Crippen LogP contribution in [0.3, 0.4) is 0 Å². The van der Waals surface area contributed by atoms with Crippen LogP contribution in [-0.4, -0.2) is 62.3 Å². The summed E-state index contributed by atoms with van der Waals surface area (Å²) in [6.07, 6.45) is 4.84. The Kier molecular flexibility index (Phi) is 5.23. The zero-order chi connectivity index (χ0) is 22.2. The van der Waals surface area contributed by atoms with Gasteiger partial charge in [0.05, 0.1) is 17.0 Å². The molecule has 0 spiro atoms. The molecule has 0 unspecified atom stereocenters. The van der Waals surface area contributed by atoms with Crippen molar-refractivity contribution >= 4 is 22.9 Å². The van der Waals surface area contributed by atoms with Crippen molar-refractivity contribution in [1.29, 1.82) is 5.26 Å². The first kappa shape index (κ1) is 20.6. The smallest absolute Gasteiger partial charge is 0.410 e. The van der Waals surface area contributed by atoms with E-state index in [-0.39, 0.29) is 6.09 Å². The van der Waals surface area contributed by atoms with Crippen molar-refractivity contribution in [2.45, 2.75) is 33.3 Å². The third-order valence-electron chi connectivity index (χ3n) is 5.10. The molecule has 1 fully saturated rings. The van der Waals surface area contributed by atoms with Crippen LogP contribution in [0.2, 0.25) is 0 Å². The van der Waals surface area contributed by atoms with Crippen molar-refractivity contribution in [3.05, 3.63) is 42.0 Å². The van der Waals surface area contributed by atoms with E-state index < -0.39 is 5.60 Å². The summed E-state index contributed by atoms with van der Waals surface area (Å²) in [4.78, 5) is 29.7.